The number of ether oxygens (including phenoxy) is 4. The summed E-state index contributed by atoms with van der Waals surface area (Å²) in [6, 6.07) is 7.52. The Kier molecular flexibility index (Phi) is 10.6. The van der Waals surface area contributed by atoms with Crippen LogP contribution in [0.1, 0.15) is 46.1 Å². The summed E-state index contributed by atoms with van der Waals surface area (Å²) in [5, 5.41) is 0. The van der Waals surface area contributed by atoms with Gasteiger partial charge in [0.15, 0.2) is 5.78 Å². The topological polar surface area (TPSA) is 71.1 Å². The van der Waals surface area contributed by atoms with Gasteiger partial charge >= 0.3 is 5.97 Å². The molecule has 180 valence electrons. The molecule has 6 nitrogen and oxygen atoms in total. The minimum Gasteiger partial charge on any atom is -0.497 e. The highest BCUT2D eigenvalue weighted by Crippen LogP contribution is 2.17. The molecule has 0 saturated heterocycles. The second kappa shape index (κ2) is 13.1. The zero-order valence-corrected chi connectivity index (χ0v) is 20.3. The zero-order chi connectivity index (χ0) is 24.3. The fraction of sp³-hybridized carbons (Fsp3) is 0.481. The Morgan fingerprint density at radius 3 is 2.55 bits per heavy atom. The van der Waals surface area contributed by atoms with E-state index < -0.39 is 11.5 Å². The van der Waals surface area contributed by atoms with Crippen LogP contribution in [-0.2, 0) is 30.4 Å². The van der Waals surface area contributed by atoms with E-state index in [9.17, 15) is 9.59 Å². The summed E-state index contributed by atoms with van der Waals surface area (Å²) in [5.74, 6) is 0.366. The molecule has 2 atom stereocenters. The maximum atomic E-state index is 12.9. The smallest absolute Gasteiger partial charge is 0.311 e. The number of hydrogen-bond donors (Lipinski definition) is 0. The van der Waals surface area contributed by atoms with Gasteiger partial charge in [-0.1, -0.05) is 42.0 Å². The molecule has 1 aromatic rings. The van der Waals surface area contributed by atoms with E-state index in [2.05, 4.69) is 6.92 Å². The van der Waals surface area contributed by atoms with Crippen LogP contribution in [0.5, 0.6) is 5.75 Å². The molecule has 2 unspecified atom stereocenters. The lowest BCUT2D eigenvalue weighted by Crippen LogP contribution is -2.24. The Hall–Kier alpha value is -2.70. The van der Waals surface area contributed by atoms with E-state index >= 15 is 0 Å². The molecule has 0 saturated carbocycles. The molecule has 0 radical (unpaired) electrons. The molecule has 0 aromatic heterocycles. The number of hydrogen-bond acceptors (Lipinski definition) is 6. The van der Waals surface area contributed by atoms with E-state index in [0.717, 1.165) is 17.7 Å². The molecule has 1 aromatic carbocycles. The summed E-state index contributed by atoms with van der Waals surface area (Å²) >= 11 is 0. The number of carbonyl (C=O) groups is 2. The molecule has 0 N–H and O–H groups in total. The van der Waals surface area contributed by atoms with Gasteiger partial charge < -0.3 is 18.9 Å². The van der Waals surface area contributed by atoms with E-state index in [4.69, 9.17) is 18.9 Å². The van der Waals surface area contributed by atoms with Crippen LogP contribution in [-0.4, -0.2) is 44.3 Å². The molecular weight excluding hydrogens is 420 g/mol. The number of methoxy groups -OCH3 is 1. The average Bonchev–Trinajstić information content (AvgIpc) is 2.78. The first-order valence-corrected chi connectivity index (χ1v) is 11.2. The van der Waals surface area contributed by atoms with Gasteiger partial charge in [0.25, 0.3) is 0 Å². The minimum atomic E-state index is -0.654. The number of benzene rings is 1. The van der Waals surface area contributed by atoms with Crippen molar-refractivity contribution in [2.75, 3.05) is 20.3 Å². The largest absolute Gasteiger partial charge is 0.497 e. The van der Waals surface area contributed by atoms with Crippen LogP contribution in [0.15, 0.2) is 60.2 Å². The van der Waals surface area contributed by atoms with Crippen molar-refractivity contribution >= 4 is 11.8 Å². The van der Waals surface area contributed by atoms with Crippen molar-refractivity contribution in [2.24, 2.45) is 5.41 Å². The van der Waals surface area contributed by atoms with Crippen LogP contribution < -0.4 is 4.74 Å². The second-order valence-corrected chi connectivity index (χ2v) is 9.09. The number of rotatable bonds is 11. The third kappa shape index (κ3) is 9.76. The molecule has 1 heterocycles. The molecule has 1 aliphatic heterocycles. The van der Waals surface area contributed by atoms with Gasteiger partial charge in [-0.15, -0.1) is 0 Å². The lowest BCUT2D eigenvalue weighted by molar-refractivity contribution is -0.151. The van der Waals surface area contributed by atoms with Crippen LogP contribution in [0, 0.1) is 5.41 Å². The lowest BCUT2D eigenvalue weighted by Gasteiger charge is -2.19. The van der Waals surface area contributed by atoms with Gasteiger partial charge in [0, 0.05) is 0 Å². The Morgan fingerprint density at radius 1 is 1.18 bits per heavy atom. The molecular formula is C27H36O6. The van der Waals surface area contributed by atoms with Gasteiger partial charge in [-0.25, -0.2) is 0 Å². The summed E-state index contributed by atoms with van der Waals surface area (Å²) in [6.45, 7) is 8.49. The van der Waals surface area contributed by atoms with E-state index in [1.54, 1.807) is 46.1 Å². The van der Waals surface area contributed by atoms with E-state index in [1.807, 2.05) is 36.4 Å². The third-order valence-corrected chi connectivity index (χ3v) is 5.11. The Balaban J connectivity index is 1.96. The quantitative estimate of drug-likeness (QED) is 0.266. The second-order valence-electron chi connectivity index (χ2n) is 9.09. The predicted octanol–water partition coefficient (Wildman–Crippen LogP) is 4.98. The van der Waals surface area contributed by atoms with Gasteiger partial charge in [0.1, 0.15) is 18.5 Å². The molecule has 0 amide bonds. The van der Waals surface area contributed by atoms with Crippen molar-refractivity contribution in [1.29, 1.82) is 0 Å². The summed E-state index contributed by atoms with van der Waals surface area (Å²) in [4.78, 5) is 24.7. The van der Waals surface area contributed by atoms with Crippen molar-refractivity contribution < 1.29 is 28.5 Å². The van der Waals surface area contributed by atoms with Crippen LogP contribution in [0.25, 0.3) is 0 Å². The summed E-state index contributed by atoms with van der Waals surface area (Å²) in [7, 11) is 1.62. The van der Waals surface area contributed by atoms with Crippen LogP contribution in [0.2, 0.25) is 0 Å². The molecule has 1 aliphatic rings. The Morgan fingerprint density at radius 2 is 1.91 bits per heavy atom. The van der Waals surface area contributed by atoms with E-state index in [1.165, 1.54) is 5.57 Å². The Labute approximate surface area is 197 Å². The third-order valence-electron chi connectivity index (χ3n) is 5.11. The highest BCUT2D eigenvalue weighted by Gasteiger charge is 2.22. The summed E-state index contributed by atoms with van der Waals surface area (Å²) in [5.41, 5.74) is 1.65. The average molecular weight is 457 g/mol. The van der Waals surface area contributed by atoms with Gasteiger partial charge in [0.05, 0.1) is 31.8 Å². The first-order chi connectivity index (χ1) is 15.7. The van der Waals surface area contributed by atoms with Crippen LogP contribution in [0.3, 0.4) is 0 Å². The summed E-state index contributed by atoms with van der Waals surface area (Å²) in [6.07, 6.45) is 9.34. The Bertz CT molecular complexity index is 858. The van der Waals surface area contributed by atoms with Gasteiger partial charge in [-0.2, -0.15) is 0 Å². The molecule has 6 heteroatoms. The maximum Gasteiger partial charge on any atom is 0.311 e. The van der Waals surface area contributed by atoms with Gasteiger partial charge in [-0.05, 0) is 64.3 Å². The van der Waals surface area contributed by atoms with Gasteiger partial charge in [-0.3, -0.25) is 9.59 Å². The SMILES string of the molecule is COc1ccc(COC(CC=CCOC(=O)C(C)(C)C)C(=O)C=CC2CC(C)=CCO2)cc1. The number of esters is 1. The van der Waals surface area contributed by atoms with E-state index in [0.29, 0.717) is 19.6 Å². The first-order valence-electron chi connectivity index (χ1n) is 11.2. The summed E-state index contributed by atoms with van der Waals surface area (Å²) < 4.78 is 22.0. The highest BCUT2D eigenvalue weighted by atomic mass is 16.5. The fourth-order valence-corrected chi connectivity index (χ4v) is 3.02. The number of carbonyl (C=O) groups excluding carboxylic acids is 2. The van der Waals surface area contributed by atoms with Crippen molar-refractivity contribution in [2.45, 2.75) is 59.4 Å². The van der Waals surface area contributed by atoms with Gasteiger partial charge in [0.2, 0.25) is 0 Å². The molecule has 2 rings (SSSR count). The van der Waals surface area contributed by atoms with E-state index in [-0.39, 0.29) is 24.5 Å². The van der Waals surface area contributed by atoms with Crippen molar-refractivity contribution in [3.8, 4) is 5.75 Å². The maximum absolute atomic E-state index is 12.9. The monoisotopic (exact) mass is 456 g/mol. The van der Waals surface area contributed by atoms with Crippen LogP contribution in [0.4, 0.5) is 0 Å². The predicted molar refractivity (Wildman–Crippen MR) is 128 cm³/mol. The molecule has 0 bridgehead atoms. The highest BCUT2D eigenvalue weighted by molar-refractivity contribution is 5.93. The first kappa shape index (κ1) is 26.6. The molecule has 0 fully saturated rings. The normalized spacial score (nSPS) is 17.7. The van der Waals surface area contributed by atoms with Crippen LogP contribution >= 0.6 is 0 Å². The molecule has 33 heavy (non-hydrogen) atoms. The molecule has 0 aliphatic carbocycles. The van der Waals surface area contributed by atoms with Crippen molar-refractivity contribution in [1.82, 2.24) is 0 Å². The minimum absolute atomic E-state index is 0.103. The zero-order valence-electron chi connectivity index (χ0n) is 20.3. The standard InChI is InChI=1S/C27H36O6/c1-20-15-17-31-23(18-20)13-14-24(28)25(8-6-7-16-32-26(29)27(2,3)4)33-19-21-9-11-22(30-5)12-10-21/h6-7,9-15,23,25H,8,16-19H2,1-5H3. The number of ketones is 1. The fourth-order valence-electron chi connectivity index (χ4n) is 3.02. The van der Waals surface area contributed by atoms with Crippen molar-refractivity contribution in [3.05, 3.63) is 65.8 Å². The molecule has 0 spiro atoms. The lowest BCUT2D eigenvalue weighted by atomic mass is 9.97. The van der Waals surface area contributed by atoms with Crippen molar-refractivity contribution in [3.63, 3.8) is 0 Å².